The van der Waals surface area contributed by atoms with Crippen LogP contribution in [0.2, 0.25) is 0 Å². The van der Waals surface area contributed by atoms with Crippen molar-refractivity contribution in [2.24, 2.45) is 0 Å². The van der Waals surface area contributed by atoms with Gasteiger partial charge in [0.25, 0.3) is 0 Å². The molecule has 0 radical (unpaired) electrons. The lowest BCUT2D eigenvalue weighted by molar-refractivity contribution is -0.377. The average molecular weight is 365 g/mol. The number of aromatic amines is 1. The van der Waals surface area contributed by atoms with Crippen LogP contribution in [-0.2, 0) is 0 Å². The maximum atomic E-state index is 4.33. The number of halogens is 1. The molecule has 0 saturated heterocycles. The predicted octanol–water partition coefficient (Wildman–Crippen LogP) is -0.475. The van der Waals surface area contributed by atoms with E-state index >= 15 is 0 Å². The van der Waals surface area contributed by atoms with Gasteiger partial charge in [-0.15, -0.1) is 11.8 Å². The molecule has 2 rings (SSSR count). The maximum Gasteiger partial charge on any atom is 0.176 e. The summed E-state index contributed by atoms with van der Waals surface area (Å²) in [5.41, 5.74) is 2.10. The van der Waals surface area contributed by atoms with Gasteiger partial charge in [0.15, 0.2) is 12.4 Å². The van der Waals surface area contributed by atoms with Crippen molar-refractivity contribution in [3.8, 4) is 11.3 Å². The summed E-state index contributed by atoms with van der Waals surface area (Å²) >= 11 is 3.05. The second-order valence-electron chi connectivity index (χ2n) is 3.06. The van der Waals surface area contributed by atoms with Crippen molar-refractivity contribution >= 4 is 23.5 Å². The first-order valence-corrected chi connectivity index (χ1v) is 6.55. The highest BCUT2D eigenvalue weighted by atomic mass is 127. The normalized spacial score (nSPS) is 9.81. The van der Waals surface area contributed by atoms with Gasteiger partial charge in [0, 0.05) is 6.07 Å². The van der Waals surface area contributed by atoms with Crippen LogP contribution in [0.4, 0.5) is 0 Å². The predicted molar refractivity (Wildman–Crippen MR) is 62.9 cm³/mol. The van der Waals surface area contributed by atoms with Crippen molar-refractivity contribution in [2.75, 3.05) is 5.75 Å². The van der Waals surface area contributed by atoms with E-state index in [0.717, 1.165) is 28.5 Å². The molecule has 1 N–H and O–H groups in total. The molecule has 0 aliphatic rings. The second kappa shape index (κ2) is 7.18. The van der Waals surface area contributed by atoms with Gasteiger partial charge in [-0.05, 0) is 18.2 Å². The van der Waals surface area contributed by atoms with E-state index in [-0.39, 0.29) is 24.0 Å². The quantitative estimate of drug-likeness (QED) is 0.543. The molecule has 2 aromatic rings. The van der Waals surface area contributed by atoms with Gasteiger partial charge in [-0.2, -0.15) is 8.75 Å². The van der Waals surface area contributed by atoms with Crippen molar-refractivity contribution < 1.29 is 29.0 Å². The molecule has 0 aromatic carbocycles. The zero-order valence-electron chi connectivity index (χ0n) is 8.81. The number of hydrogen-bond acceptors (Lipinski definition) is 4. The molecular formula is C10H12IN3S2. The van der Waals surface area contributed by atoms with E-state index in [4.69, 9.17) is 0 Å². The van der Waals surface area contributed by atoms with E-state index in [1.807, 2.05) is 24.5 Å². The first kappa shape index (κ1) is 13.9. The second-order valence-corrected chi connectivity index (χ2v) is 4.67. The monoisotopic (exact) mass is 365 g/mol. The lowest BCUT2D eigenvalue weighted by atomic mass is 10.2. The van der Waals surface area contributed by atoms with Gasteiger partial charge < -0.3 is 24.0 Å². The SMILES string of the molecule is CCCSc1nsnc1-c1ccc[nH+]c1.[I-]. The van der Waals surface area contributed by atoms with E-state index in [2.05, 4.69) is 20.7 Å². The number of pyridine rings is 1. The van der Waals surface area contributed by atoms with Crippen LogP contribution < -0.4 is 29.0 Å². The molecule has 0 spiro atoms. The molecule has 0 aliphatic carbocycles. The first-order chi connectivity index (χ1) is 7.42. The van der Waals surface area contributed by atoms with Crippen LogP contribution >= 0.6 is 23.5 Å². The number of aromatic nitrogens is 3. The van der Waals surface area contributed by atoms with Crippen LogP contribution in [0.1, 0.15) is 13.3 Å². The molecular weight excluding hydrogens is 353 g/mol. The summed E-state index contributed by atoms with van der Waals surface area (Å²) in [6.45, 7) is 2.17. The zero-order chi connectivity index (χ0) is 10.5. The summed E-state index contributed by atoms with van der Waals surface area (Å²) in [5.74, 6) is 1.09. The summed E-state index contributed by atoms with van der Waals surface area (Å²) < 4.78 is 8.64. The highest BCUT2D eigenvalue weighted by Gasteiger charge is 2.11. The van der Waals surface area contributed by atoms with Crippen molar-refractivity contribution in [3.63, 3.8) is 0 Å². The Hall–Kier alpha value is -0.210. The lowest BCUT2D eigenvalue weighted by Crippen LogP contribution is -3.00. The maximum absolute atomic E-state index is 4.33. The zero-order valence-corrected chi connectivity index (χ0v) is 12.6. The minimum atomic E-state index is 0. The minimum absolute atomic E-state index is 0. The third kappa shape index (κ3) is 3.39. The van der Waals surface area contributed by atoms with E-state index in [9.17, 15) is 0 Å². The molecule has 0 amide bonds. The molecule has 2 heterocycles. The number of hydrogen-bond donors (Lipinski definition) is 0. The van der Waals surface area contributed by atoms with Crippen LogP contribution in [0, 0.1) is 0 Å². The van der Waals surface area contributed by atoms with E-state index in [1.54, 1.807) is 11.8 Å². The molecule has 3 nitrogen and oxygen atoms in total. The van der Waals surface area contributed by atoms with Crippen molar-refractivity contribution in [1.82, 2.24) is 8.75 Å². The lowest BCUT2D eigenvalue weighted by Gasteiger charge is -1.97. The Balaban J connectivity index is 0.00000128. The summed E-state index contributed by atoms with van der Waals surface area (Å²) in [5, 5.41) is 1.04. The van der Waals surface area contributed by atoms with Crippen molar-refractivity contribution in [1.29, 1.82) is 0 Å². The van der Waals surface area contributed by atoms with E-state index in [0.29, 0.717) is 0 Å². The standard InChI is InChI=1S/C10H11N3S2.HI/c1-2-6-14-10-9(12-15-13-10)8-4-3-5-11-7-8;/h3-5,7H,2,6H2,1H3;1H. The van der Waals surface area contributed by atoms with Gasteiger partial charge in [0.2, 0.25) is 0 Å². The highest BCUT2D eigenvalue weighted by Crippen LogP contribution is 2.28. The van der Waals surface area contributed by atoms with Gasteiger partial charge in [-0.1, -0.05) is 6.92 Å². The van der Waals surface area contributed by atoms with Crippen molar-refractivity contribution in [3.05, 3.63) is 24.5 Å². The molecule has 0 unspecified atom stereocenters. The van der Waals surface area contributed by atoms with Crippen LogP contribution in [0.25, 0.3) is 11.3 Å². The van der Waals surface area contributed by atoms with Crippen LogP contribution in [0.5, 0.6) is 0 Å². The number of rotatable bonds is 4. The third-order valence-corrected chi connectivity index (χ3v) is 3.70. The Morgan fingerprint density at radius 3 is 3.00 bits per heavy atom. The largest absolute Gasteiger partial charge is 1.00 e. The van der Waals surface area contributed by atoms with E-state index < -0.39 is 0 Å². The van der Waals surface area contributed by atoms with Gasteiger partial charge in [-0.25, -0.2) is 4.98 Å². The molecule has 2 aromatic heterocycles. The number of H-pyrrole nitrogens is 1. The van der Waals surface area contributed by atoms with Crippen molar-refractivity contribution in [2.45, 2.75) is 18.4 Å². The highest BCUT2D eigenvalue weighted by molar-refractivity contribution is 7.99. The minimum Gasteiger partial charge on any atom is -1.00 e. The summed E-state index contributed by atoms with van der Waals surface area (Å²) in [7, 11) is 0. The molecule has 6 heteroatoms. The molecule has 0 fully saturated rings. The van der Waals surface area contributed by atoms with Gasteiger partial charge in [0.1, 0.15) is 10.7 Å². The van der Waals surface area contributed by atoms with Gasteiger partial charge in [-0.3, -0.25) is 0 Å². The Morgan fingerprint density at radius 2 is 2.31 bits per heavy atom. The van der Waals surface area contributed by atoms with Gasteiger partial charge >= 0.3 is 0 Å². The summed E-state index contributed by atoms with van der Waals surface area (Å²) in [6.07, 6.45) is 5.00. The number of nitrogens with zero attached hydrogens (tertiary/aromatic N) is 2. The third-order valence-electron chi connectivity index (χ3n) is 1.88. The smallest absolute Gasteiger partial charge is 0.176 e. The molecule has 86 valence electrons. The fraction of sp³-hybridized carbons (Fsp3) is 0.300. The van der Waals surface area contributed by atoms with Crippen LogP contribution in [0.15, 0.2) is 29.6 Å². The first-order valence-electron chi connectivity index (χ1n) is 4.83. The van der Waals surface area contributed by atoms with Gasteiger partial charge in [0.05, 0.1) is 17.3 Å². The number of thioether (sulfide) groups is 1. The molecule has 0 saturated carbocycles. The fourth-order valence-corrected chi connectivity index (χ4v) is 2.73. The molecule has 0 atom stereocenters. The summed E-state index contributed by atoms with van der Waals surface area (Å²) in [4.78, 5) is 3.06. The fourth-order valence-electron chi connectivity index (χ4n) is 1.19. The Morgan fingerprint density at radius 1 is 1.44 bits per heavy atom. The van der Waals surface area contributed by atoms with Crippen LogP contribution in [-0.4, -0.2) is 14.5 Å². The molecule has 16 heavy (non-hydrogen) atoms. The molecule has 0 bridgehead atoms. The number of nitrogens with one attached hydrogen (secondary N) is 1. The summed E-state index contributed by atoms with van der Waals surface area (Å²) in [6, 6.07) is 4.02. The van der Waals surface area contributed by atoms with E-state index in [1.165, 1.54) is 11.7 Å². The average Bonchev–Trinajstić information content (AvgIpc) is 2.75. The topological polar surface area (TPSA) is 39.9 Å². The molecule has 0 aliphatic heterocycles. The Bertz CT molecular complexity index is 419. The Labute approximate surface area is 120 Å². The van der Waals surface area contributed by atoms with Crippen LogP contribution in [0.3, 0.4) is 0 Å². The Kier molecular flexibility index (Phi) is 6.22.